The topological polar surface area (TPSA) is 37.3 Å². The smallest absolute Gasteiger partial charge is 0.187 e. The highest BCUT2D eigenvalue weighted by molar-refractivity contribution is 7.79. The van der Waals surface area contributed by atoms with E-state index in [1.807, 2.05) is 6.92 Å². The van der Waals surface area contributed by atoms with E-state index in [1.54, 1.807) is 11.4 Å². The van der Waals surface area contributed by atoms with Gasteiger partial charge >= 0.3 is 0 Å². The van der Waals surface area contributed by atoms with Crippen LogP contribution in [-0.4, -0.2) is 8.76 Å². The molecular weight excluding hydrogens is 156 g/mol. The van der Waals surface area contributed by atoms with E-state index >= 15 is 0 Å². The molecule has 0 bridgehead atoms. The van der Waals surface area contributed by atoms with Crippen molar-refractivity contribution in [2.45, 2.75) is 11.8 Å². The third-order valence-electron chi connectivity index (χ3n) is 0.908. The maximum Gasteiger partial charge on any atom is 0.187 e. The Bertz CT molecular complexity index is 229. The number of aryl methyl sites for hydroxylation is 1. The molecule has 50 valence electrons. The third-order valence-corrected chi connectivity index (χ3v) is 2.56. The molecule has 1 aromatic heterocycles. The molecule has 0 fully saturated rings. The molecule has 0 radical (unpaired) electrons. The predicted octanol–water partition coefficient (Wildman–Crippen LogP) is 1.64. The lowest BCUT2D eigenvalue weighted by molar-refractivity contribution is 0.565. The molecule has 0 amide bonds. The molecule has 0 aromatic carbocycles. The van der Waals surface area contributed by atoms with Crippen LogP contribution < -0.4 is 0 Å². The van der Waals surface area contributed by atoms with Gasteiger partial charge in [-0.1, -0.05) is 0 Å². The zero-order valence-corrected chi connectivity index (χ0v) is 6.46. The van der Waals surface area contributed by atoms with Crippen LogP contribution in [0.2, 0.25) is 0 Å². The molecule has 0 aliphatic heterocycles. The molecular formula is C5H6O2S2. The summed E-state index contributed by atoms with van der Waals surface area (Å²) in [6.07, 6.45) is 0. The molecule has 0 aliphatic rings. The summed E-state index contributed by atoms with van der Waals surface area (Å²) >= 11 is -0.318. The number of rotatable bonds is 1. The first-order chi connectivity index (χ1) is 4.20. The zero-order valence-electron chi connectivity index (χ0n) is 4.83. The van der Waals surface area contributed by atoms with Crippen LogP contribution in [0.15, 0.2) is 16.3 Å². The first-order valence-electron chi connectivity index (χ1n) is 2.36. The minimum atomic E-state index is -1.80. The summed E-state index contributed by atoms with van der Waals surface area (Å²) in [5, 5.41) is 1.69. The Labute approximate surface area is 59.8 Å². The standard InChI is InChI=1S/C5H6O2S2/c1-4-2-5(3-8-4)9(6)7/h2-3H,1H3,(H,6,7). The lowest BCUT2D eigenvalue weighted by Crippen LogP contribution is -1.81. The van der Waals surface area contributed by atoms with E-state index in [1.165, 1.54) is 11.3 Å². The van der Waals surface area contributed by atoms with Gasteiger partial charge < -0.3 is 4.55 Å². The number of hydrogen-bond donors (Lipinski definition) is 1. The van der Waals surface area contributed by atoms with Crippen LogP contribution >= 0.6 is 11.3 Å². The van der Waals surface area contributed by atoms with Gasteiger partial charge in [0.05, 0.1) is 4.90 Å². The molecule has 0 aliphatic carbocycles. The van der Waals surface area contributed by atoms with E-state index in [0.29, 0.717) is 4.90 Å². The van der Waals surface area contributed by atoms with Crippen molar-refractivity contribution in [3.8, 4) is 0 Å². The summed E-state index contributed by atoms with van der Waals surface area (Å²) in [5.41, 5.74) is 0. The minimum Gasteiger partial charge on any atom is -0.302 e. The van der Waals surface area contributed by atoms with E-state index in [4.69, 9.17) is 4.55 Å². The molecule has 1 rings (SSSR count). The first kappa shape index (κ1) is 6.92. The lowest BCUT2D eigenvalue weighted by atomic mass is 10.5. The normalized spacial score (nSPS) is 13.6. The Morgan fingerprint density at radius 1 is 1.78 bits per heavy atom. The van der Waals surface area contributed by atoms with Crippen molar-refractivity contribution >= 4 is 22.4 Å². The molecule has 1 heterocycles. The van der Waals surface area contributed by atoms with E-state index in [0.717, 1.165) is 4.88 Å². The van der Waals surface area contributed by atoms with Gasteiger partial charge in [-0.25, -0.2) is 4.21 Å². The highest BCUT2D eigenvalue weighted by Gasteiger charge is 1.99. The second kappa shape index (κ2) is 2.60. The van der Waals surface area contributed by atoms with Crippen LogP contribution in [0.3, 0.4) is 0 Å². The quantitative estimate of drug-likeness (QED) is 0.637. The molecule has 1 unspecified atom stereocenters. The summed E-state index contributed by atoms with van der Waals surface area (Å²) in [5.74, 6) is 0. The van der Waals surface area contributed by atoms with Crippen LogP contribution in [0.25, 0.3) is 0 Å². The number of hydrogen-bond acceptors (Lipinski definition) is 2. The second-order valence-electron chi connectivity index (χ2n) is 1.64. The first-order valence-corrected chi connectivity index (χ1v) is 4.35. The predicted molar refractivity (Wildman–Crippen MR) is 38.1 cm³/mol. The zero-order chi connectivity index (χ0) is 6.85. The molecule has 1 N–H and O–H groups in total. The monoisotopic (exact) mass is 162 g/mol. The second-order valence-corrected chi connectivity index (χ2v) is 3.73. The van der Waals surface area contributed by atoms with Gasteiger partial charge in [0.1, 0.15) is 0 Å². The van der Waals surface area contributed by atoms with Crippen molar-refractivity contribution in [3.63, 3.8) is 0 Å². The molecule has 9 heavy (non-hydrogen) atoms. The van der Waals surface area contributed by atoms with Crippen molar-refractivity contribution in [1.82, 2.24) is 0 Å². The molecule has 1 aromatic rings. The summed E-state index contributed by atoms with van der Waals surface area (Å²) in [6, 6.07) is 1.71. The van der Waals surface area contributed by atoms with Crippen molar-refractivity contribution in [3.05, 3.63) is 16.3 Å². The van der Waals surface area contributed by atoms with Crippen molar-refractivity contribution in [1.29, 1.82) is 0 Å². The Morgan fingerprint density at radius 3 is 2.67 bits per heavy atom. The van der Waals surface area contributed by atoms with Gasteiger partial charge in [-0.3, -0.25) is 0 Å². The maximum atomic E-state index is 10.3. The largest absolute Gasteiger partial charge is 0.302 e. The lowest BCUT2D eigenvalue weighted by Gasteiger charge is -1.81. The van der Waals surface area contributed by atoms with E-state index in [9.17, 15) is 4.21 Å². The number of thiophene rings is 1. The van der Waals surface area contributed by atoms with E-state index < -0.39 is 11.1 Å². The molecule has 0 spiro atoms. The van der Waals surface area contributed by atoms with Crippen molar-refractivity contribution in [2.75, 3.05) is 0 Å². The van der Waals surface area contributed by atoms with Gasteiger partial charge in [-0.15, -0.1) is 11.3 Å². The van der Waals surface area contributed by atoms with Gasteiger partial charge in [0.15, 0.2) is 11.1 Å². The van der Waals surface area contributed by atoms with Crippen molar-refractivity contribution < 1.29 is 8.76 Å². The Morgan fingerprint density at radius 2 is 2.44 bits per heavy atom. The Kier molecular flexibility index (Phi) is 2.00. The third kappa shape index (κ3) is 1.61. The maximum absolute atomic E-state index is 10.3. The van der Waals surface area contributed by atoms with Gasteiger partial charge in [0.2, 0.25) is 0 Å². The molecule has 0 saturated carbocycles. The average molecular weight is 162 g/mol. The van der Waals surface area contributed by atoms with Gasteiger partial charge in [0, 0.05) is 10.3 Å². The fourth-order valence-electron chi connectivity index (χ4n) is 0.511. The Hall–Kier alpha value is -0.190. The molecule has 0 saturated heterocycles. The minimum absolute atomic E-state index is 0.498. The molecule has 1 atom stereocenters. The van der Waals surface area contributed by atoms with E-state index in [-0.39, 0.29) is 0 Å². The summed E-state index contributed by atoms with van der Waals surface area (Å²) in [7, 11) is 0. The molecule has 4 heteroatoms. The van der Waals surface area contributed by atoms with Gasteiger partial charge in [-0.05, 0) is 13.0 Å². The van der Waals surface area contributed by atoms with Crippen LogP contribution in [-0.2, 0) is 11.1 Å². The van der Waals surface area contributed by atoms with Crippen LogP contribution in [0, 0.1) is 6.92 Å². The van der Waals surface area contributed by atoms with Gasteiger partial charge in [-0.2, -0.15) is 0 Å². The fraction of sp³-hybridized carbons (Fsp3) is 0.200. The summed E-state index contributed by atoms with van der Waals surface area (Å²) in [6.45, 7) is 1.90. The fourth-order valence-corrected chi connectivity index (χ4v) is 1.90. The van der Waals surface area contributed by atoms with E-state index in [2.05, 4.69) is 0 Å². The van der Waals surface area contributed by atoms with Crippen LogP contribution in [0.5, 0.6) is 0 Å². The van der Waals surface area contributed by atoms with Crippen LogP contribution in [0.1, 0.15) is 4.88 Å². The molecule has 2 nitrogen and oxygen atoms in total. The SMILES string of the molecule is Cc1cc(S(=O)O)cs1. The highest BCUT2D eigenvalue weighted by atomic mass is 32.2. The summed E-state index contributed by atoms with van der Waals surface area (Å²) < 4.78 is 18.8. The Balaban J connectivity index is 2.98. The van der Waals surface area contributed by atoms with Crippen LogP contribution in [0.4, 0.5) is 0 Å². The highest BCUT2D eigenvalue weighted by Crippen LogP contribution is 2.14. The van der Waals surface area contributed by atoms with Gasteiger partial charge in [0.25, 0.3) is 0 Å². The average Bonchev–Trinajstić information content (AvgIpc) is 2.14. The van der Waals surface area contributed by atoms with Crippen molar-refractivity contribution in [2.24, 2.45) is 0 Å². The summed E-state index contributed by atoms with van der Waals surface area (Å²) in [4.78, 5) is 1.56.